The SMILES string of the molecule is CCCCCCCCCCCC(=O)N1CCCCC(N)C1=O. The summed E-state index contributed by atoms with van der Waals surface area (Å²) in [4.78, 5) is 25.6. The molecule has 1 heterocycles. The Labute approximate surface area is 135 Å². The van der Waals surface area contributed by atoms with Gasteiger partial charge in [0.05, 0.1) is 6.04 Å². The average molecular weight is 310 g/mol. The number of nitrogens with two attached hydrogens (primary N) is 1. The number of unbranched alkanes of at least 4 members (excludes halogenated alkanes) is 8. The van der Waals surface area contributed by atoms with Gasteiger partial charge in [0.1, 0.15) is 0 Å². The van der Waals surface area contributed by atoms with E-state index in [4.69, 9.17) is 5.73 Å². The van der Waals surface area contributed by atoms with Crippen molar-refractivity contribution in [2.45, 2.75) is 96.4 Å². The number of likely N-dealkylation sites (tertiary alicyclic amines) is 1. The van der Waals surface area contributed by atoms with Gasteiger partial charge in [-0.1, -0.05) is 58.3 Å². The molecule has 4 heteroatoms. The quantitative estimate of drug-likeness (QED) is 0.625. The van der Waals surface area contributed by atoms with E-state index < -0.39 is 6.04 Å². The minimum Gasteiger partial charge on any atom is -0.320 e. The zero-order chi connectivity index (χ0) is 16.2. The number of nitrogens with zero attached hydrogens (tertiary/aromatic N) is 1. The Balaban J connectivity index is 2.08. The van der Waals surface area contributed by atoms with Gasteiger partial charge in [-0.2, -0.15) is 0 Å². The van der Waals surface area contributed by atoms with E-state index in [2.05, 4.69) is 6.92 Å². The molecule has 0 bridgehead atoms. The van der Waals surface area contributed by atoms with Crippen LogP contribution in [0.25, 0.3) is 0 Å². The Hall–Kier alpha value is -0.900. The van der Waals surface area contributed by atoms with E-state index >= 15 is 0 Å². The molecule has 0 radical (unpaired) electrons. The smallest absolute Gasteiger partial charge is 0.246 e. The van der Waals surface area contributed by atoms with E-state index in [1.54, 1.807) is 0 Å². The first-order valence-electron chi connectivity index (χ1n) is 9.26. The highest BCUT2D eigenvalue weighted by molar-refractivity contribution is 5.97. The molecule has 1 aliphatic rings. The van der Waals surface area contributed by atoms with Gasteiger partial charge >= 0.3 is 0 Å². The highest BCUT2D eigenvalue weighted by Gasteiger charge is 2.27. The van der Waals surface area contributed by atoms with Crippen molar-refractivity contribution in [1.82, 2.24) is 4.90 Å². The Morgan fingerprint density at radius 2 is 1.64 bits per heavy atom. The molecule has 0 spiro atoms. The summed E-state index contributed by atoms with van der Waals surface area (Å²) in [7, 11) is 0. The van der Waals surface area contributed by atoms with E-state index in [0.29, 0.717) is 19.4 Å². The van der Waals surface area contributed by atoms with Crippen molar-refractivity contribution in [1.29, 1.82) is 0 Å². The molecule has 0 saturated carbocycles. The zero-order valence-electron chi connectivity index (χ0n) is 14.3. The van der Waals surface area contributed by atoms with Crippen molar-refractivity contribution in [3.8, 4) is 0 Å². The van der Waals surface area contributed by atoms with E-state index in [1.807, 2.05) is 0 Å². The number of rotatable bonds is 10. The Morgan fingerprint density at radius 3 is 2.27 bits per heavy atom. The van der Waals surface area contributed by atoms with Crippen LogP contribution in [0.4, 0.5) is 0 Å². The third-order valence-corrected chi connectivity index (χ3v) is 4.53. The van der Waals surface area contributed by atoms with Crippen LogP contribution in [0.3, 0.4) is 0 Å². The number of carbonyl (C=O) groups excluding carboxylic acids is 2. The van der Waals surface area contributed by atoms with Crippen LogP contribution in [0.2, 0.25) is 0 Å². The van der Waals surface area contributed by atoms with Gasteiger partial charge in [0, 0.05) is 13.0 Å². The summed E-state index contributed by atoms with van der Waals surface area (Å²) in [5.41, 5.74) is 5.81. The number of carbonyl (C=O) groups is 2. The normalized spacial score (nSPS) is 19.3. The van der Waals surface area contributed by atoms with Gasteiger partial charge in [-0.25, -0.2) is 0 Å². The molecule has 22 heavy (non-hydrogen) atoms. The third-order valence-electron chi connectivity index (χ3n) is 4.53. The molecule has 1 saturated heterocycles. The van der Waals surface area contributed by atoms with Crippen molar-refractivity contribution in [2.24, 2.45) is 5.73 Å². The molecule has 0 aromatic carbocycles. The van der Waals surface area contributed by atoms with Crippen molar-refractivity contribution in [3.05, 3.63) is 0 Å². The second kappa shape index (κ2) is 11.6. The monoisotopic (exact) mass is 310 g/mol. The summed E-state index contributed by atoms with van der Waals surface area (Å²) in [6, 6.07) is -0.477. The van der Waals surface area contributed by atoms with Crippen LogP contribution in [-0.2, 0) is 9.59 Å². The van der Waals surface area contributed by atoms with Crippen LogP contribution in [0, 0.1) is 0 Å². The molecule has 1 unspecified atom stereocenters. The van der Waals surface area contributed by atoms with Gasteiger partial charge in [0.2, 0.25) is 11.8 Å². The second-order valence-corrected chi connectivity index (χ2v) is 6.56. The molecule has 1 fully saturated rings. The van der Waals surface area contributed by atoms with Crippen LogP contribution in [0.15, 0.2) is 0 Å². The van der Waals surface area contributed by atoms with Crippen LogP contribution >= 0.6 is 0 Å². The molecular formula is C18H34N2O2. The molecule has 1 rings (SSSR count). The minimum atomic E-state index is -0.477. The fourth-order valence-electron chi connectivity index (χ4n) is 3.04. The highest BCUT2D eigenvalue weighted by Crippen LogP contribution is 2.14. The van der Waals surface area contributed by atoms with Crippen LogP contribution < -0.4 is 5.73 Å². The van der Waals surface area contributed by atoms with Crippen LogP contribution in [-0.4, -0.2) is 29.3 Å². The molecule has 2 amide bonds. The lowest BCUT2D eigenvalue weighted by atomic mass is 10.1. The van der Waals surface area contributed by atoms with E-state index in [1.165, 1.54) is 49.8 Å². The minimum absolute atomic E-state index is 0.0229. The van der Waals surface area contributed by atoms with Crippen molar-refractivity contribution >= 4 is 11.8 Å². The fraction of sp³-hybridized carbons (Fsp3) is 0.889. The van der Waals surface area contributed by atoms with Gasteiger partial charge in [0.15, 0.2) is 0 Å². The second-order valence-electron chi connectivity index (χ2n) is 6.56. The summed E-state index contributed by atoms with van der Waals surface area (Å²) in [5, 5.41) is 0. The van der Waals surface area contributed by atoms with Gasteiger partial charge in [0.25, 0.3) is 0 Å². The van der Waals surface area contributed by atoms with Crippen LogP contribution in [0.5, 0.6) is 0 Å². The van der Waals surface area contributed by atoms with Gasteiger partial charge in [-0.15, -0.1) is 0 Å². The highest BCUT2D eigenvalue weighted by atomic mass is 16.2. The van der Waals surface area contributed by atoms with Crippen molar-refractivity contribution < 1.29 is 9.59 Å². The van der Waals surface area contributed by atoms with E-state index in [9.17, 15) is 9.59 Å². The fourth-order valence-corrected chi connectivity index (χ4v) is 3.04. The summed E-state index contributed by atoms with van der Waals surface area (Å²) in [6.45, 7) is 2.79. The molecular weight excluding hydrogens is 276 g/mol. The average Bonchev–Trinajstić information content (AvgIpc) is 2.68. The molecule has 1 aliphatic heterocycles. The molecule has 0 aromatic heterocycles. The van der Waals surface area contributed by atoms with Gasteiger partial charge in [-0.3, -0.25) is 14.5 Å². The number of amides is 2. The lowest BCUT2D eigenvalue weighted by Gasteiger charge is -2.20. The van der Waals surface area contributed by atoms with E-state index in [-0.39, 0.29) is 11.8 Å². The predicted octanol–water partition coefficient (Wildman–Crippen LogP) is 3.77. The first-order valence-corrected chi connectivity index (χ1v) is 9.26. The lowest BCUT2D eigenvalue weighted by Crippen LogP contribution is -2.45. The summed E-state index contributed by atoms with van der Waals surface area (Å²) in [5.74, 6) is -0.191. The first-order chi connectivity index (χ1) is 10.7. The van der Waals surface area contributed by atoms with Crippen LogP contribution in [0.1, 0.15) is 90.4 Å². The Bertz CT molecular complexity index is 331. The number of hydrogen-bond donors (Lipinski definition) is 1. The lowest BCUT2D eigenvalue weighted by molar-refractivity contribution is -0.145. The molecule has 0 aliphatic carbocycles. The molecule has 4 nitrogen and oxygen atoms in total. The summed E-state index contributed by atoms with van der Waals surface area (Å²) >= 11 is 0. The summed E-state index contributed by atoms with van der Waals surface area (Å²) < 4.78 is 0. The zero-order valence-corrected chi connectivity index (χ0v) is 14.3. The maximum absolute atomic E-state index is 12.2. The maximum Gasteiger partial charge on any atom is 0.246 e. The summed E-state index contributed by atoms with van der Waals surface area (Å²) in [6.07, 6.45) is 14.1. The Morgan fingerprint density at radius 1 is 1.05 bits per heavy atom. The maximum atomic E-state index is 12.2. The molecule has 2 N–H and O–H groups in total. The standard InChI is InChI=1S/C18H34N2O2/c1-2-3-4-5-6-7-8-9-10-14-17(21)20-15-12-11-13-16(19)18(20)22/h16H,2-15,19H2,1H3. The van der Waals surface area contributed by atoms with Gasteiger partial charge < -0.3 is 5.73 Å². The predicted molar refractivity (Wildman–Crippen MR) is 90.4 cm³/mol. The molecule has 1 atom stereocenters. The largest absolute Gasteiger partial charge is 0.320 e. The number of hydrogen-bond acceptors (Lipinski definition) is 3. The Kier molecular flexibility index (Phi) is 10.1. The molecule has 0 aromatic rings. The van der Waals surface area contributed by atoms with Crippen molar-refractivity contribution in [2.75, 3.05) is 6.54 Å². The molecule has 128 valence electrons. The van der Waals surface area contributed by atoms with Gasteiger partial charge in [-0.05, 0) is 25.7 Å². The first kappa shape index (κ1) is 19.1. The van der Waals surface area contributed by atoms with E-state index in [0.717, 1.165) is 25.7 Å². The van der Waals surface area contributed by atoms with Crippen molar-refractivity contribution in [3.63, 3.8) is 0 Å². The third kappa shape index (κ3) is 7.39. The topological polar surface area (TPSA) is 63.4 Å². The number of imide groups is 1.